The minimum absolute atomic E-state index is 0.132. The molecule has 1 heterocycles. The number of amides is 1. The van der Waals surface area contributed by atoms with Crippen LogP contribution in [0.1, 0.15) is 11.4 Å². The molecule has 0 saturated heterocycles. The maximum absolute atomic E-state index is 12.7. The SMILES string of the molecule is COc1ccc(Cl)cc1NC(=O)CSc1nnc(Cc2ccccc2)n1-c1ccc(Cl)cc1. The van der Waals surface area contributed by atoms with Crippen LogP contribution in [-0.2, 0) is 11.2 Å². The van der Waals surface area contributed by atoms with Gasteiger partial charge in [0.2, 0.25) is 5.91 Å². The highest BCUT2D eigenvalue weighted by Crippen LogP contribution is 2.29. The first-order valence-corrected chi connectivity index (χ1v) is 11.8. The number of nitrogens with one attached hydrogen (secondary N) is 1. The van der Waals surface area contributed by atoms with E-state index in [9.17, 15) is 4.79 Å². The van der Waals surface area contributed by atoms with Gasteiger partial charge in [-0.3, -0.25) is 9.36 Å². The van der Waals surface area contributed by atoms with Crippen molar-refractivity contribution in [3.8, 4) is 11.4 Å². The van der Waals surface area contributed by atoms with E-state index in [0.29, 0.717) is 33.1 Å². The van der Waals surface area contributed by atoms with Gasteiger partial charge in [0.1, 0.15) is 11.6 Å². The molecule has 0 spiro atoms. The van der Waals surface area contributed by atoms with Crippen molar-refractivity contribution in [1.29, 1.82) is 0 Å². The first-order chi connectivity index (χ1) is 16.0. The van der Waals surface area contributed by atoms with Crippen molar-refractivity contribution < 1.29 is 9.53 Å². The molecule has 1 N–H and O–H groups in total. The number of carbonyl (C=O) groups excluding carboxylic acids is 1. The van der Waals surface area contributed by atoms with Crippen LogP contribution in [-0.4, -0.2) is 33.5 Å². The average molecular weight is 499 g/mol. The van der Waals surface area contributed by atoms with Crippen LogP contribution in [0.15, 0.2) is 78.0 Å². The van der Waals surface area contributed by atoms with E-state index in [0.717, 1.165) is 17.1 Å². The zero-order valence-corrected chi connectivity index (χ0v) is 20.0. The number of hydrogen-bond acceptors (Lipinski definition) is 5. The molecule has 0 aliphatic heterocycles. The van der Waals surface area contributed by atoms with E-state index in [2.05, 4.69) is 15.5 Å². The second-order valence-corrected chi connectivity index (χ2v) is 8.87. The highest BCUT2D eigenvalue weighted by atomic mass is 35.5. The number of benzene rings is 3. The number of anilines is 1. The lowest BCUT2D eigenvalue weighted by Crippen LogP contribution is -2.15. The monoisotopic (exact) mass is 498 g/mol. The molecule has 0 radical (unpaired) electrons. The zero-order chi connectivity index (χ0) is 23.2. The Morgan fingerprint density at radius 3 is 2.45 bits per heavy atom. The third-order valence-corrected chi connectivity index (χ3v) is 6.17. The normalized spacial score (nSPS) is 10.8. The minimum Gasteiger partial charge on any atom is -0.495 e. The van der Waals surface area contributed by atoms with Crippen LogP contribution in [0.4, 0.5) is 5.69 Å². The van der Waals surface area contributed by atoms with Gasteiger partial charge >= 0.3 is 0 Å². The first-order valence-electron chi connectivity index (χ1n) is 10.0. The molecule has 33 heavy (non-hydrogen) atoms. The predicted molar refractivity (Wildman–Crippen MR) is 133 cm³/mol. The number of carbonyl (C=O) groups is 1. The summed E-state index contributed by atoms with van der Waals surface area (Å²) in [5.41, 5.74) is 2.50. The smallest absolute Gasteiger partial charge is 0.234 e. The van der Waals surface area contributed by atoms with Crippen molar-refractivity contribution in [2.45, 2.75) is 11.6 Å². The summed E-state index contributed by atoms with van der Waals surface area (Å²) in [4.78, 5) is 12.7. The van der Waals surface area contributed by atoms with Gasteiger partial charge in [-0.2, -0.15) is 0 Å². The molecule has 0 aliphatic carbocycles. The molecule has 9 heteroatoms. The average Bonchev–Trinajstić information content (AvgIpc) is 3.21. The molecule has 168 valence electrons. The second kappa shape index (κ2) is 10.7. The molecular formula is C24H20Cl2N4O2S. The Morgan fingerprint density at radius 1 is 1.00 bits per heavy atom. The number of methoxy groups -OCH3 is 1. The summed E-state index contributed by atoms with van der Waals surface area (Å²) in [6.07, 6.45) is 0.600. The molecule has 0 unspecified atom stereocenters. The summed E-state index contributed by atoms with van der Waals surface area (Å²) >= 11 is 13.4. The van der Waals surface area contributed by atoms with Gasteiger partial charge in [0.05, 0.1) is 18.6 Å². The number of thioether (sulfide) groups is 1. The molecule has 0 atom stereocenters. The van der Waals surface area contributed by atoms with Crippen molar-refractivity contribution in [3.05, 3.63) is 94.2 Å². The van der Waals surface area contributed by atoms with Crippen molar-refractivity contribution in [3.63, 3.8) is 0 Å². The van der Waals surface area contributed by atoms with Gasteiger partial charge in [0.15, 0.2) is 5.16 Å². The molecular weight excluding hydrogens is 479 g/mol. The number of nitrogens with zero attached hydrogens (tertiary/aromatic N) is 3. The molecule has 1 amide bonds. The highest BCUT2D eigenvalue weighted by molar-refractivity contribution is 7.99. The maximum Gasteiger partial charge on any atom is 0.234 e. The number of halogens is 2. The number of aromatic nitrogens is 3. The van der Waals surface area contributed by atoms with E-state index in [1.165, 1.54) is 18.9 Å². The van der Waals surface area contributed by atoms with Crippen molar-refractivity contribution in [2.75, 3.05) is 18.2 Å². The minimum atomic E-state index is -0.212. The van der Waals surface area contributed by atoms with Gasteiger partial charge in [0, 0.05) is 22.2 Å². The Bertz CT molecular complexity index is 1250. The standard InChI is InChI=1S/C24H20Cl2N4O2S/c1-32-21-12-9-18(26)14-20(21)27-23(31)15-33-24-29-28-22(13-16-5-3-2-4-6-16)30(24)19-10-7-17(25)8-11-19/h2-12,14H,13,15H2,1H3,(H,27,31). The van der Waals surface area contributed by atoms with Crippen LogP contribution < -0.4 is 10.1 Å². The Kier molecular flexibility index (Phi) is 7.54. The van der Waals surface area contributed by atoms with Crippen molar-refractivity contribution in [2.24, 2.45) is 0 Å². The molecule has 0 fully saturated rings. The summed E-state index contributed by atoms with van der Waals surface area (Å²) in [6, 6.07) is 22.5. The summed E-state index contributed by atoms with van der Waals surface area (Å²) in [5, 5.41) is 13.4. The van der Waals surface area contributed by atoms with E-state index in [4.69, 9.17) is 27.9 Å². The van der Waals surface area contributed by atoms with Crippen LogP contribution in [0, 0.1) is 0 Å². The van der Waals surface area contributed by atoms with Crippen LogP contribution in [0.2, 0.25) is 10.0 Å². The summed E-state index contributed by atoms with van der Waals surface area (Å²) in [5.74, 6) is 1.22. The fraction of sp³-hybridized carbons (Fsp3) is 0.125. The molecule has 0 saturated carbocycles. The highest BCUT2D eigenvalue weighted by Gasteiger charge is 2.17. The number of ether oxygens (including phenoxy) is 1. The second-order valence-electron chi connectivity index (χ2n) is 7.05. The summed E-state index contributed by atoms with van der Waals surface area (Å²) in [7, 11) is 1.54. The maximum atomic E-state index is 12.7. The molecule has 4 rings (SSSR count). The molecule has 4 aromatic rings. The van der Waals surface area contributed by atoms with Crippen LogP contribution in [0.25, 0.3) is 5.69 Å². The third kappa shape index (κ3) is 5.87. The summed E-state index contributed by atoms with van der Waals surface area (Å²) in [6.45, 7) is 0. The Balaban J connectivity index is 1.55. The van der Waals surface area contributed by atoms with E-state index in [1.54, 1.807) is 18.2 Å². The van der Waals surface area contributed by atoms with Gasteiger partial charge < -0.3 is 10.1 Å². The van der Waals surface area contributed by atoms with Gasteiger partial charge in [-0.25, -0.2) is 0 Å². The van der Waals surface area contributed by atoms with Crippen LogP contribution in [0.5, 0.6) is 5.75 Å². The van der Waals surface area contributed by atoms with Crippen molar-refractivity contribution >= 4 is 46.6 Å². The van der Waals surface area contributed by atoms with Gasteiger partial charge in [-0.05, 0) is 48.0 Å². The lowest BCUT2D eigenvalue weighted by molar-refractivity contribution is -0.113. The van der Waals surface area contributed by atoms with Gasteiger partial charge in [0.25, 0.3) is 0 Å². The van der Waals surface area contributed by atoms with E-state index < -0.39 is 0 Å². The molecule has 0 aliphatic rings. The Morgan fingerprint density at radius 2 is 1.73 bits per heavy atom. The third-order valence-electron chi connectivity index (χ3n) is 4.76. The van der Waals surface area contributed by atoms with Crippen LogP contribution >= 0.6 is 35.0 Å². The number of hydrogen-bond donors (Lipinski definition) is 1. The fourth-order valence-electron chi connectivity index (χ4n) is 3.23. The molecule has 0 bridgehead atoms. The molecule has 1 aromatic heterocycles. The largest absolute Gasteiger partial charge is 0.495 e. The lowest BCUT2D eigenvalue weighted by atomic mass is 10.1. The lowest BCUT2D eigenvalue weighted by Gasteiger charge is -2.12. The van der Waals surface area contributed by atoms with Crippen molar-refractivity contribution in [1.82, 2.24) is 14.8 Å². The van der Waals surface area contributed by atoms with Crippen LogP contribution in [0.3, 0.4) is 0 Å². The summed E-state index contributed by atoms with van der Waals surface area (Å²) < 4.78 is 7.24. The van der Waals surface area contributed by atoms with Gasteiger partial charge in [-0.1, -0.05) is 65.3 Å². The Labute approximate surface area is 205 Å². The first kappa shape index (κ1) is 23.2. The fourth-order valence-corrected chi connectivity index (χ4v) is 4.30. The number of rotatable bonds is 8. The zero-order valence-electron chi connectivity index (χ0n) is 17.7. The predicted octanol–water partition coefficient (Wildman–Crippen LogP) is 5.90. The van der Waals surface area contributed by atoms with E-state index in [-0.39, 0.29) is 11.7 Å². The quantitative estimate of drug-likeness (QED) is 0.306. The molecule has 6 nitrogen and oxygen atoms in total. The molecule has 3 aromatic carbocycles. The van der Waals surface area contributed by atoms with Gasteiger partial charge in [-0.15, -0.1) is 10.2 Å². The van der Waals surface area contributed by atoms with E-state index in [1.807, 2.05) is 59.2 Å². The van der Waals surface area contributed by atoms with E-state index >= 15 is 0 Å². The Hall–Kier alpha value is -3.00. The topological polar surface area (TPSA) is 69.0 Å².